The van der Waals surface area contributed by atoms with Gasteiger partial charge < -0.3 is 4.74 Å². The lowest BCUT2D eigenvalue weighted by Crippen LogP contribution is -2.16. The van der Waals surface area contributed by atoms with E-state index < -0.39 is 17.8 Å². The fourth-order valence-corrected chi connectivity index (χ4v) is 5.85. The molecule has 0 spiro atoms. The lowest BCUT2D eigenvalue weighted by molar-refractivity contribution is 0.311. The molecule has 0 heterocycles. The van der Waals surface area contributed by atoms with Gasteiger partial charge in [0.1, 0.15) is 12.8 Å². The van der Waals surface area contributed by atoms with Gasteiger partial charge in [-0.15, -0.1) is 0 Å². The molecule has 1 saturated carbocycles. The van der Waals surface area contributed by atoms with Crippen LogP contribution in [0.4, 0.5) is 13.2 Å². The van der Waals surface area contributed by atoms with Crippen molar-refractivity contribution in [1.29, 1.82) is 0 Å². The average Bonchev–Trinajstić information content (AvgIpc) is 3.12. The van der Waals surface area contributed by atoms with Crippen LogP contribution in [0.3, 0.4) is 0 Å². The Balaban J connectivity index is 1.40. The van der Waals surface area contributed by atoms with Crippen LogP contribution in [0.5, 0.6) is 5.75 Å². The number of allylic oxidation sites excluding steroid dienone is 4. The third kappa shape index (κ3) is 5.96. The minimum Gasteiger partial charge on any atom is -0.486 e. The second-order valence-corrected chi connectivity index (χ2v) is 10.1. The van der Waals surface area contributed by atoms with Gasteiger partial charge in [-0.3, -0.25) is 0 Å². The van der Waals surface area contributed by atoms with Crippen molar-refractivity contribution in [2.45, 2.75) is 70.4 Å². The predicted molar refractivity (Wildman–Crippen MR) is 142 cm³/mol. The topological polar surface area (TPSA) is 9.23 Å². The second kappa shape index (κ2) is 12.5. The van der Waals surface area contributed by atoms with E-state index in [0.717, 1.165) is 36.3 Å². The highest BCUT2D eigenvalue weighted by atomic mass is 19.2. The molecule has 4 rings (SSSR count). The monoisotopic (exact) mass is 494 g/mol. The smallest absolute Gasteiger partial charge is 0.201 e. The highest BCUT2D eigenvalue weighted by Gasteiger charge is 2.35. The zero-order valence-corrected chi connectivity index (χ0v) is 21.2. The van der Waals surface area contributed by atoms with Crippen molar-refractivity contribution >= 4 is 0 Å². The molecule has 2 aromatic rings. The van der Waals surface area contributed by atoms with E-state index >= 15 is 4.39 Å². The molecule has 0 aromatic heterocycles. The number of rotatable bonds is 9. The summed E-state index contributed by atoms with van der Waals surface area (Å²) in [4.78, 5) is 0. The van der Waals surface area contributed by atoms with Gasteiger partial charge in [-0.25, -0.2) is 8.78 Å². The van der Waals surface area contributed by atoms with E-state index in [4.69, 9.17) is 4.74 Å². The number of ether oxygens (including phenoxy) is 1. The molecule has 3 unspecified atom stereocenters. The lowest BCUT2D eigenvalue weighted by atomic mass is 9.85. The average molecular weight is 495 g/mol. The standard InChI is InChI=1S/C32H37F3O/c1-3-5-6-8-22-9-7-10-23(12-11-22)26-17-18-27(30(26)33)24-13-15-25(16-14-24)28-19-20-29(36-21-4-2)32(35)31(28)34/h3-5,13-17,19-20,22-23,27,30H,2,6-12,18,21H2,1H3/b5-3+/t22?,23?,27-,30?/m1/s1. The Bertz CT molecular complexity index is 1090. The zero-order valence-electron chi connectivity index (χ0n) is 21.2. The fourth-order valence-electron chi connectivity index (χ4n) is 5.85. The van der Waals surface area contributed by atoms with Gasteiger partial charge in [0.15, 0.2) is 11.6 Å². The summed E-state index contributed by atoms with van der Waals surface area (Å²) in [6.07, 6.45) is 15.8. The van der Waals surface area contributed by atoms with Crippen LogP contribution in [0.25, 0.3) is 11.1 Å². The summed E-state index contributed by atoms with van der Waals surface area (Å²) in [5.74, 6) is -1.22. The Hall–Kier alpha value is -2.75. The van der Waals surface area contributed by atoms with Crippen LogP contribution < -0.4 is 4.74 Å². The quantitative estimate of drug-likeness (QED) is 0.249. The minimum absolute atomic E-state index is 0.101. The molecule has 36 heavy (non-hydrogen) atoms. The Morgan fingerprint density at radius 1 is 1.00 bits per heavy atom. The molecule has 4 atom stereocenters. The van der Waals surface area contributed by atoms with Crippen molar-refractivity contribution in [2.75, 3.05) is 6.61 Å². The van der Waals surface area contributed by atoms with Crippen LogP contribution >= 0.6 is 0 Å². The van der Waals surface area contributed by atoms with Crippen LogP contribution in [0.2, 0.25) is 0 Å². The number of hydrogen-bond donors (Lipinski definition) is 0. The Labute approximate surface area is 213 Å². The molecular formula is C32H37F3O. The first-order valence-electron chi connectivity index (χ1n) is 13.3. The summed E-state index contributed by atoms with van der Waals surface area (Å²) in [6.45, 7) is 5.68. The third-order valence-corrected chi connectivity index (χ3v) is 7.87. The highest BCUT2D eigenvalue weighted by Crippen LogP contribution is 2.44. The molecule has 2 aliphatic carbocycles. The van der Waals surface area contributed by atoms with E-state index in [-0.39, 0.29) is 23.8 Å². The van der Waals surface area contributed by atoms with E-state index in [9.17, 15) is 8.78 Å². The van der Waals surface area contributed by atoms with E-state index in [2.05, 4.69) is 31.7 Å². The van der Waals surface area contributed by atoms with Crippen molar-refractivity contribution in [1.82, 2.24) is 0 Å². The van der Waals surface area contributed by atoms with Gasteiger partial charge in [-0.1, -0.05) is 68.0 Å². The van der Waals surface area contributed by atoms with Crippen LogP contribution in [0.1, 0.15) is 69.8 Å². The third-order valence-electron chi connectivity index (χ3n) is 7.87. The van der Waals surface area contributed by atoms with Crippen LogP contribution in [-0.2, 0) is 0 Å². The SMILES string of the molecule is C=CCOc1ccc(-c2ccc([C@H]3CC=C(C4CCCC(CC/C=C/C)CC4)C3F)cc2)c(F)c1F. The second-order valence-electron chi connectivity index (χ2n) is 10.1. The first-order valence-corrected chi connectivity index (χ1v) is 13.3. The summed E-state index contributed by atoms with van der Waals surface area (Å²) < 4.78 is 49.9. The zero-order chi connectivity index (χ0) is 25.5. The molecule has 0 N–H and O–H groups in total. The Morgan fingerprint density at radius 3 is 2.56 bits per heavy atom. The lowest BCUT2D eigenvalue weighted by Gasteiger charge is -2.22. The summed E-state index contributed by atoms with van der Waals surface area (Å²) >= 11 is 0. The van der Waals surface area contributed by atoms with Gasteiger partial charge >= 0.3 is 0 Å². The van der Waals surface area contributed by atoms with Gasteiger partial charge in [0, 0.05) is 11.5 Å². The van der Waals surface area contributed by atoms with Crippen molar-refractivity contribution in [2.24, 2.45) is 11.8 Å². The maximum Gasteiger partial charge on any atom is 0.201 e. The summed E-state index contributed by atoms with van der Waals surface area (Å²) in [5.41, 5.74) is 2.61. The molecule has 0 aliphatic heterocycles. The predicted octanol–water partition coefficient (Wildman–Crippen LogP) is 9.50. The van der Waals surface area contributed by atoms with Gasteiger partial charge in [0.2, 0.25) is 5.82 Å². The maximum absolute atomic E-state index is 15.7. The van der Waals surface area contributed by atoms with Crippen molar-refractivity contribution in [3.63, 3.8) is 0 Å². The Morgan fingerprint density at radius 2 is 1.81 bits per heavy atom. The van der Waals surface area contributed by atoms with E-state index in [1.54, 1.807) is 12.1 Å². The molecule has 0 saturated heterocycles. The summed E-state index contributed by atoms with van der Waals surface area (Å²) in [6, 6.07) is 10.2. The molecular weight excluding hydrogens is 457 g/mol. The highest BCUT2D eigenvalue weighted by molar-refractivity contribution is 5.66. The molecule has 4 heteroatoms. The number of halogens is 3. The van der Waals surface area contributed by atoms with Crippen LogP contribution in [0, 0.1) is 23.5 Å². The van der Waals surface area contributed by atoms with Gasteiger partial charge in [0.05, 0.1) is 0 Å². The van der Waals surface area contributed by atoms with E-state index in [0.29, 0.717) is 17.9 Å². The normalized spacial score (nSPS) is 24.5. The maximum atomic E-state index is 15.7. The first kappa shape index (κ1) is 26.3. The summed E-state index contributed by atoms with van der Waals surface area (Å²) in [5, 5.41) is 0. The molecule has 2 aliphatic rings. The van der Waals surface area contributed by atoms with Crippen molar-refractivity contribution in [3.8, 4) is 16.9 Å². The fraction of sp³-hybridized carbons (Fsp3) is 0.438. The van der Waals surface area contributed by atoms with Gasteiger partial charge in [-0.2, -0.15) is 4.39 Å². The molecule has 1 nitrogen and oxygen atoms in total. The summed E-state index contributed by atoms with van der Waals surface area (Å²) in [7, 11) is 0. The number of benzene rings is 2. The molecule has 1 fully saturated rings. The van der Waals surface area contributed by atoms with Gasteiger partial charge in [-0.05, 0) is 86.1 Å². The Kier molecular flexibility index (Phi) is 9.12. The van der Waals surface area contributed by atoms with E-state index in [1.165, 1.54) is 43.9 Å². The number of alkyl halides is 1. The number of hydrogen-bond acceptors (Lipinski definition) is 1. The molecule has 2 aromatic carbocycles. The minimum atomic E-state index is -1.01. The molecule has 0 amide bonds. The van der Waals surface area contributed by atoms with Crippen molar-refractivity contribution in [3.05, 3.63) is 90.1 Å². The van der Waals surface area contributed by atoms with Crippen LogP contribution in [-0.4, -0.2) is 12.8 Å². The molecule has 192 valence electrons. The largest absolute Gasteiger partial charge is 0.486 e. The molecule has 0 radical (unpaired) electrons. The van der Waals surface area contributed by atoms with E-state index in [1.807, 2.05) is 12.1 Å². The van der Waals surface area contributed by atoms with Gasteiger partial charge in [0.25, 0.3) is 0 Å². The first-order chi connectivity index (χ1) is 17.5. The van der Waals surface area contributed by atoms with Crippen molar-refractivity contribution < 1.29 is 17.9 Å². The molecule has 0 bridgehead atoms. The van der Waals surface area contributed by atoms with Crippen LogP contribution in [0.15, 0.2) is 72.9 Å².